The molecule has 3 aromatic rings. The van der Waals surface area contributed by atoms with Crippen molar-refractivity contribution in [1.82, 2.24) is 19.7 Å². The first-order valence-corrected chi connectivity index (χ1v) is 9.31. The Hall–Kier alpha value is -3.40. The SMILES string of the molecule is Cn1nc(C(C)(C)C)cc1Nc1nccc(-c2cc(C#N)c3c(c2)CCN3)n1. The maximum Gasteiger partial charge on any atom is 0.228 e. The molecule has 1 aliphatic rings. The van der Waals surface area contributed by atoms with E-state index in [1.54, 1.807) is 10.9 Å². The number of fused-ring (bicyclic) bond motifs is 1. The third-order valence-electron chi connectivity index (χ3n) is 4.88. The van der Waals surface area contributed by atoms with E-state index in [1.165, 1.54) is 0 Å². The molecule has 2 N–H and O–H groups in total. The highest BCUT2D eigenvalue weighted by Crippen LogP contribution is 2.32. The van der Waals surface area contributed by atoms with Gasteiger partial charge in [-0.2, -0.15) is 10.4 Å². The summed E-state index contributed by atoms with van der Waals surface area (Å²) in [6.45, 7) is 7.25. The summed E-state index contributed by atoms with van der Waals surface area (Å²) >= 11 is 0. The molecule has 28 heavy (non-hydrogen) atoms. The molecular weight excluding hydrogens is 350 g/mol. The first-order valence-electron chi connectivity index (χ1n) is 9.31. The summed E-state index contributed by atoms with van der Waals surface area (Å²) in [4.78, 5) is 9.01. The number of rotatable bonds is 3. The summed E-state index contributed by atoms with van der Waals surface area (Å²) in [5.41, 5.74) is 5.42. The average molecular weight is 373 g/mol. The van der Waals surface area contributed by atoms with E-state index in [2.05, 4.69) is 58.6 Å². The predicted octanol–water partition coefficient (Wildman–Crippen LogP) is 3.76. The third kappa shape index (κ3) is 3.29. The fourth-order valence-corrected chi connectivity index (χ4v) is 3.31. The lowest BCUT2D eigenvalue weighted by molar-refractivity contribution is 0.553. The smallest absolute Gasteiger partial charge is 0.228 e. The first kappa shape index (κ1) is 18.0. The van der Waals surface area contributed by atoms with Crippen LogP contribution < -0.4 is 10.6 Å². The van der Waals surface area contributed by atoms with Gasteiger partial charge >= 0.3 is 0 Å². The number of hydrogen-bond acceptors (Lipinski definition) is 6. The topological polar surface area (TPSA) is 91.5 Å². The van der Waals surface area contributed by atoms with E-state index in [4.69, 9.17) is 0 Å². The van der Waals surface area contributed by atoms with Crippen molar-refractivity contribution < 1.29 is 0 Å². The fraction of sp³-hybridized carbons (Fsp3) is 0.333. The van der Waals surface area contributed by atoms with Gasteiger partial charge in [-0.1, -0.05) is 20.8 Å². The van der Waals surface area contributed by atoms with E-state index in [0.717, 1.165) is 47.0 Å². The Labute approximate surface area is 164 Å². The molecule has 3 heterocycles. The van der Waals surface area contributed by atoms with Gasteiger partial charge in [-0.05, 0) is 30.2 Å². The summed E-state index contributed by atoms with van der Waals surface area (Å²) in [6, 6.07) is 10.1. The van der Waals surface area contributed by atoms with Gasteiger partial charge in [0.2, 0.25) is 5.95 Å². The number of hydrogen-bond donors (Lipinski definition) is 2. The number of nitrogens with zero attached hydrogens (tertiary/aromatic N) is 5. The van der Waals surface area contributed by atoms with Crippen LogP contribution in [0.4, 0.5) is 17.5 Å². The van der Waals surface area contributed by atoms with Gasteiger partial charge in [0.15, 0.2) is 0 Å². The second-order valence-electron chi connectivity index (χ2n) is 8.03. The van der Waals surface area contributed by atoms with E-state index in [-0.39, 0.29) is 5.41 Å². The number of aromatic nitrogens is 4. The van der Waals surface area contributed by atoms with E-state index in [1.807, 2.05) is 25.2 Å². The van der Waals surface area contributed by atoms with Crippen LogP contribution in [0.2, 0.25) is 0 Å². The monoisotopic (exact) mass is 373 g/mol. The number of benzene rings is 1. The van der Waals surface area contributed by atoms with Gasteiger partial charge in [-0.15, -0.1) is 0 Å². The minimum absolute atomic E-state index is 0.0352. The molecule has 0 amide bonds. The molecule has 0 bridgehead atoms. The molecule has 7 nitrogen and oxygen atoms in total. The van der Waals surface area contributed by atoms with Crippen molar-refractivity contribution in [2.75, 3.05) is 17.2 Å². The molecule has 142 valence electrons. The molecule has 0 saturated carbocycles. The van der Waals surface area contributed by atoms with Gasteiger partial charge < -0.3 is 10.6 Å². The fourth-order valence-electron chi connectivity index (χ4n) is 3.31. The predicted molar refractivity (Wildman–Crippen MR) is 110 cm³/mol. The standard InChI is InChI=1S/C21H23N7/c1-21(2,3)17-11-18(28(4)27-17)26-20-24-8-6-16(25-20)14-9-13-5-7-23-19(13)15(10-14)12-22/h6,8-11,23H,5,7H2,1-4H3,(H,24,25,26). The van der Waals surface area contributed by atoms with Crippen molar-refractivity contribution in [3.05, 3.63) is 47.3 Å². The molecule has 7 heteroatoms. The van der Waals surface area contributed by atoms with E-state index < -0.39 is 0 Å². The Morgan fingerprint density at radius 1 is 1.25 bits per heavy atom. The molecule has 2 aromatic heterocycles. The third-order valence-corrected chi connectivity index (χ3v) is 4.88. The van der Waals surface area contributed by atoms with Crippen LogP contribution in [0.3, 0.4) is 0 Å². The summed E-state index contributed by atoms with van der Waals surface area (Å²) in [5, 5.41) is 20.6. The Kier molecular flexibility index (Phi) is 4.27. The largest absolute Gasteiger partial charge is 0.383 e. The van der Waals surface area contributed by atoms with Crippen molar-refractivity contribution in [3.8, 4) is 17.3 Å². The minimum atomic E-state index is -0.0352. The van der Waals surface area contributed by atoms with Crippen LogP contribution in [0.25, 0.3) is 11.3 Å². The van der Waals surface area contributed by atoms with Crippen LogP contribution in [0.5, 0.6) is 0 Å². The molecule has 0 saturated heterocycles. The lowest BCUT2D eigenvalue weighted by Crippen LogP contribution is -2.12. The van der Waals surface area contributed by atoms with Crippen LogP contribution in [-0.2, 0) is 18.9 Å². The second kappa shape index (κ2) is 6.64. The van der Waals surface area contributed by atoms with E-state index in [0.29, 0.717) is 11.5 Å². The average Bonchev–Trinajstić information content (AvgIpc) is 3.28. The molecule has 1 aromatic carbocycles. The lowest BCUT2D eigenvalue weighted by Gasteiger charge is -2.13. The highest BCUT2D eigenvalue weighted by Gasteiger charge is 2.20. The van der Waals surface area contributed by atoms with Gasteiger partial charge in [-0.3, -0.25) is 4.68 Å². The van der Waals surface area contributed by atoms with Crippen LogP contribution in [0.15, 0.2) is 30.5 Å². The summed E-state index contributed by atoms with van der Waals surface area (Å²) in [5.74, 6) is 1.33. The van der Waals surface area contributed by atoms with Crippen LogP contribution in [-0.4, -0.2) is 26.3 Å². The Bertz CT molecular complexity index is 1080. The minimum Gasteiger partial charge on any atom is -0.383 e. The van der Waals surface area contributed by atoms with Gasteiger partial charge in [0.05, 0.1) is 22.6 Å². The molecule has 0 fully saturated rings. The van der Waals surface area contributed by atoms with Gasteiger partial charge in [0, 0.05) is 36.8 Å². The van der Waals surface area contributed by atoms with Gasteiger partial charge in [-0.25, -0.2) is 9.97 Å². The second-order valence-corrected chi connectivity index (χ2v) is 8.03. The number of nitrogens with one attached hydrogen (secondary N) is 2. The van der Waals surface area contributed by atoms with E-state index in [9.17, 15) is 5.26 Å². The van der Waals surface area contributed by atoms with Crippen molar-refractivity contribution >= 4 is 17.5 Å². The molecule has 0 unspecified atom stereocenters. The summed E-state index contributed by atoms with van der Waals surface area (Å²) < 4.78 is 1.80. The van der Waals surface area contributed by atoms with Crippen LogP contribution >= 0.6 is 0 Å². The Morgan fingerprint density at radius 3 is 2.79 bits per heavy atom. The molecule has 0 radical (unpaired) electrons. The van der Waals surface area contributed by atoms with E-state index >= 15 is 0 Å². The lowest BCUT2D eigenvalue weighted by atomic mass is 9.92. The molecular formula is C21H23N7. The Balaban J connectivity index is 1.67. The maximum absolute atomic E-state index is 9.48. The highest BCUT2D eigenvalue weighted by molar-refractivity contribution is 5.74. The number of aryl methyl sites for hydroxylation is 1. The van der Waals surface area contributed by atoms with Gasteiger partial charge in [0.25, 0.3) is 0 Å². The summed E-state index contributed by atoms with van der Waals surface area (Å²) in [6.07, 6.45) is 2.64. The van der Waals surface area contributed by atoms with Gasteiger partial charge in [0.1, 0.15) is 11.9 Å². The van der Waals surface area contributed by atoms with Crippen LogP contribution in [0, 0.1) is 11.3 Å². The maximum atomic E-state index is 9.48. The zero-order valence-corrected chi connectivity index (χ0v) is 16.5. The number of nitriles is 1. The van der Waals surface area contributed by atoms with Crippen molar-refractivity contribution in [3.63, 3.8) is 0 Å². The molecule has 4 rings (SSSR count). The zero-order valence-electron chi connectivity index (χ0n) is 16.5. The molecule has 0 spiro atoms. The Morgan fingerprint density at radius 2 is 2.07 bits per heavy atom. The molecule has 0 aliphatic carbocycles. The quantitative estimate of drug-likeness (QED) is 0.726. The molecule has 0 atom stereocenters. The van der Waals surface area contributed by atoms with Crippen molar-refractivity contribution in [1.29, 1.82) is 5.26 Å². The van der Waals surface area contributed by atoms with Crippen molar-refractivity contribution in [2.45, 2.75) is 32.6 Å². The van der Waals surface area contributed by atoms with Crippen LogP contribution in [0.1, 0.15) is 37.6 Å². The highest BCUT2D eigenvalue weighted by atomic mass is 15.3. The first-order chi connectivity index (χ1) is 13.3. The van der Waals surface area contributed by atoms with Crippen molar-refractivity contribution in [2.24, 2.45) is 7.05 Å². The summed E-state index contributed by atoms with van der Waals surface area (Å²) in [7, 11) is 1.90. The zero-order chi connectivity index (χ0) is 19.9. The normalized spacial score (nSPS) is 13.0. The molecule has 1 aliphatic heterocycles. The number of anilines is 3.